The van der Waals surface area contributed by atoms with Crippen molar-refractivity contribution in [2.24, 2.45) is 0 Å². The SMILES string of the molecule is C=C(Oc1ccccc1C(=O)OC)C(=O)O. The minimum Gasteiger partial charge on any atom is -0.475 e. The van der Waals surface area contributed by atoms with Crippen LogP contribution in [0.3, 0.4) is 0 Å². The van der Waals surface area contributed by atoms with Crippen LogP contribution < -0.4 is 4.74 Å². The standard InChI is InChI=1S/C11H10O5/c1-7(10(12)13)16-9-6-4-3-5-8(9)11(14)15-2/h3-6H,1H2,2H3,(H,12,13). The number of para-hydroxylation sites is 1. The number of rotatable bonds is 4. The summed E-state index contributed by atoms with van der Waals surface area (Å²) in [6, 6.07) is 6.15. The third-order valence-corrected chi connectivity index (χ3v) is 1.76. The number of carboxylic acids is 1. The monoisotopic (exact) mass is 222 g/mol. The predicted molar refractivity (Wildman–Crippen MR) is 55.2 cm³/mol. The van der Waals surface area contributed by atoms with Crippen LogP contribution in [0.5, 0.6) is 5.75 Å². The molecule has 0 aliphatic carbocycles. The van der Waals surface area contributed by atoms with Crippen molar-refractivity contribution in [3.8, 4) is 5.75 Å². The number of esters is 1. The van der Waals surface area contributed by atoms with Gasteiger partial charge in [-0.2, -0.15) is 0 Å². The average Bonchev–Trinajstić information content (AvgIpc) is 2.28. The molecule has 0 saturated carbocycles. The smallest absolute Gasteiger partial charge is 0.371 e. The van der Waals surface area contributed by atoms with Crippen LogP contribution in [0.25, 0.3) is 0 Å². The van der Waals surface area contributed by atoms with Gasteiger partial charge in [0.25, 0.3) is 0 Å². The molecule has 0 fully saturated rings. The van der Waals surface area contributed by atoms with Gasteiger partial charge in [-0.25, -0.2) is 9.59 Å². The molecule has 0 aromatic heterocycles. The fraction of sp³-hybridized carbons (Fsp3) is 0.0909. The predicted octanol–water partition coefficient (Wildman–Crippen LogP) is 1.45. The van der Waals surface area contributed by atoms with Gasteiger partial charge in [0.1, 0.15) is 11.3 Å². The zero-order valence-electron chi connectivity index (χ0n) is 8.60. The Kier molecular flexibility index (Phi) is 3.66. The Morgan fingerprint density at radius 1 is 1.31 bits per heavy atom. The maximum atomic E-state index is 11.3. The third-order valence-electron chi connectivity index (χ3n) is 1.76. The van der Waals surface area contributed by atoms with Gasteiger partial charge in [-0.1, -0.05) is 12.1 Å². The normalized spacial score (nSPS) is 9.31. The molecule has 0 aliphatic rings. The maximum absolute atomic E-state index is 11.3. The van der Waals surface area contributed by atoms with Crippen molar-refractivity contribution in [1.82, 2.24) is 0 Å². The molecule has 0 amide bonds. The quantitative estimate of drug-likeness (QED) is 0.474. The number of hydrogen-bond acceptors (Lipinski definition) is 4. The number of aliphatic carboxylic acids is 1. The average molecular weight is 222 g/mol. The molecule has 0 radical (unpaired) electrons. The Bertz CT molecular complexity index is 436. The van der Waals surface area contributed by atoms with E-state index in [9.17, 15) is 9.59 Å². The molecule has 0 unspecified atom stereocenters. The zero-order chi connectivity index (χ0) is 12.1. The number of carboxylic acid groups (broad SMARTS) is 1. The molecule has 16 heavy (non-hydrogen) atoms. The minimum absolute atomic E-state index is 0.0988. The van der Waals surface area contributed by atoms with E-state index >= 15 is 0 Å². The lowest BCUT2D eigenvalue weighted by Crippen LogP contribution is -2.09. The summed E-state index contributed by atoms with van der Waals surface area (Å²) >= 11 is 0. The molecule has 0 spiro atoms. The zero-order valence-corrected chi connectivity index (χ0v) is 8.60. The molecule has 5 nitrogen and oxygen atoms in total. The number of carbonyl (C=O) groups is 2. The van der Waals surface area contributed by atoms with Gasteiger partial charge in [-0.05, 0) is 18.7 Å². The van der Waals surface area contributed by atoms with Crippen molar-refractivity contribution in [3.05, 3.63) is 42.2 Å². The second kappa shape index (κ2) is 4.97. The number of ether oxygens (including phenoxy) is 2. The molecule has 1 aromatic carbocycles. The molecular formula is C11H10O5. The van der Waals surface area contributed by atoms with E-state index in [2.05, 4.69) is 11.3 Å². The molecule has 0 bridgehead atoms. The van der Waals surface area contributed by atoms with Gasteiger partial charge in [0.15, 0.2) is 0 Å². The highest BCUT2D eigenvalue weighted by Gasteiger charge is 2.15. The largest absolute Gasteiger partial charge is 0.475 e. The number of methoxy groups -OCH3 is 1. The van der Waals surface area contributed by atoms with Crippen LogP contribution in [0.15, 0.2) is 36.6 Å². The van der Waals surface area contributed by atoms with Gasteiger partial charge >= 0.3 is 11.9 Å². The Balaban J connectivity index is 3.00. The molecule has 1 aromatic rings. The first-order valence-electron chi connectivity index (χ1n) is 4.33. The van der Waals surface area contributed by atoms with E-state index in [-0.39, 0.29) is 11.3 Å². The first kappa shape index (κ1) is 11.8. The molecule has 0 aliphatic heterocycles. The molecular weight excluding hydrogens is 212 g/mol. The topological polar surface area (TPSA) is 72.8 Å². The van der Waals surface area contributed by atoms with E-state index in [1.165, 1.54) is 19.2 Å². The molecule has 84 valence electrons. The minimum atomic E-state index is -1.29. The Labute approximate surface area is 91.9 Å². The summed E-state index contributed by atoms with van der Waals surface area (Å²) < 4.78 is 9.46. The van der Waals surface area contributed by atoms with Crippen LogP contribution in [-0.4, -0.2) is 24.2 Å². The fourth-order valence-electron chi connectivity index (χ4n) is 1.01. The highest BCUT2D eigenvalue weighted by Crippen LogP contribution is 2.20. The third kappa shape index (κ3) is 2.60. The molecule has 1 N–H and O–H groups in total. The lowest BCUT2D eigenvalue weighted by Gasteiger charge is -2.08. The second-order valence-corrected chi connectivity index (χ2v) is 2.82. The number of benzene rings is 1. The number of hydrogen-bond donors (Lipinski definition) is 1. The van der Waals surface area contributed by atoms with E-state index in [0.29, 0.717) is 0 Å². The van der Waals surface area contributed by atoms with Gasteiger partial charge in [-0.3, -0.25) is 0 Å². The van der Waals surface area contributed by atoms with Crippen molar-refractivity contribution in [3.63, 3.8) is 0 Å². The van der Waals surface area contributed by atoms with Crippen LogP contribution in [0.4, 0.5) is 0 Å². The van der Waals surface area contributed by atoms with Crippen molar-refractivity contribution in [1.29, 1.82) is 0 Å². The summed E-state index contributed by atoms with van der Waals surface area (Å²) in [7, 11) is 1.23. The maximum Gasteiger partial charge on any atom is 0.371 e. The lowest BCUT2D eigenvalue weighted by molar-refractivity contribution is -0.135. The van der Waals surface area contributed by atoms with Crippen molar-refractivity contribution < 1.29 is 24.2 Å². The summed E-state index contributed by atoms with van der Waals surface area (Å²) in [6.45, 7) is 3.20. The van der Waals surface area contributed by atoms with Crippen molar-refractivity contribution in [2.75, 3.05) is 7.11 Å². The van der Waals surface area contributed by atoms with Gasteiger partial charge in [0.2, 0.25) is 5.76 Å². The Morgan fingerprint density at radius 3 is 2.50 bits per heavy atom. The lowest BCUT2D eigenvalue weighted by atomic mass is 10.2. The summed E-state index contributed by atoms with van der Waals surface area (Å²) in [5.74, 6) is -2.26. The van der Waals surface area contributed by atoms with E-state index in [1.807, 2.05) is 0 Å². The molecule has 0 atom stereocenters. The van der Waals surface area contributed by atoms with E-state index in [1.54, 1.807) is 12.1 Å². The van der Waals surface area contributed by atoms with Crippen LogP contribution >= 0.6 is 0 Å². The molecule has 5 heteroatoms. The van der Waals surface area contributed by atoms with Gasteiger partial charge in [0.05, 0.1) is 7.11 Å². The van der Waals surface area contributed by atoms with Crippen LogP contribution in [-0.2, 0) is 9.53 Å². The molecule has 0 saturated heterocycles. The summed E-state index contributed by atoms with van der Waals surface area (Å²) in [5.41, 5.74) is 0.146. The first-order chi connectivity index (χ1) is 7.56. The highest BCUT2D eigenvalue weighted by molar-refractivity contribution is 5.93. The van der Waals surface area contributed by atoms with Gasteiger partial charge in [-0.15, -0.1) is 0 Å². The first-order valence-corrected chi connectivity index (χ1v) is 4.33. The molecule has 1 rings (SSSR count). The summed E-state index contributed by atoms with van der Waals surface area (Å²) in [4.78, 5) is 21.8. The Hall–Kier alpha value is -2.30. The van der Waals surface area contributed by atoms with Crippen LogP contribution in [0.2, 0.25) is 0 Å². The summed E-state index contributed by atoms with van der Waals surface area (Å²) in [6.07, 6.45) is 0. The summed E-state index contributed by atoms with van der Waals surface area (Å²) in [5, 5.41) is 8.59. The van der Waals surface area contributed by atoms with Crippen molar-refractivity contribution in [2.45, 2.75) is 0 Å². The van der Waals surface area contributed by atoms with Crippen LogP contribution in [0, 0.1) is 0 Å². The van der Waals surface area contributed by atoms with Gasteiger partial charge in [0, 0.05) is 0 Å². The van der Waals surface area contributed by atoms with E-state index in [0.717, 1.165) is 0 Å². The van der Waals surface area contributed by atoms with E-state index < -0.39 is 17.7 Å². The van der Waals surface area contributed by atoms with E-state index in [4.69, 9.17) is 9.84 Å². The fourth-order valence-corrected chi connectivity index (χ4v) is 1.01. The molecule has 0 heterocycles. The number of carbonyl (C=O) groups excluding carboxylic acids is 1. The highest BCUT2D eigenvalue weighted by atomic mass is 16.5. The Morgan fingerprint density at radius 2 is 1.94 bits per heavy atom. The second-order valence-electron chi connectivity index (χ2n) is 2.82. The van der Waals surface area contributed by atoms with Gasteiger partial charge < -0.3 is 14.6 Å². The van der Waals surface area contributed by atoms with Crippen molar-refractivity contribution >= 4 is 11.9 Å². The van der Waals surface area contributed by atoms with Crippen LogP contribution in [0.1, 0.15) is 10.4 Å².